The average molecular weight is 433 g/mol. The number of aliphatic carboxylic acids is 1. The number of nitriles is 1. The zero-order valence-corrected chi connectivity index (χ0v) is 17.4. The summed E-state index contributed by atoms with van der Waals surface area (Å²) in [5.41, 5.74) is 5.32. The Morgan fingerprint density at radius 2 is 1.77 bits per heavy atom. The van der Waals surface area contributed by atoms with Gasteiger partial charge in [-0.05, 0) is 52.1 Å². The summed E-state index contributed by atoms with van der Waals surface area (Å²) in [5, 5.41) is 22.7. The third-order valence-electron chi connectivity index (χ3n) is 5.42. The van der Waals surface area contributed by atoms with Crippen LogP contribution < -0.4 is 5.32 Å². The highest BCUT2D eigenvalue weighted by atomic mass is 32.1. The van der Waals surface area contributed by atoms with Gasteiger partial charge in [-0.25, -0.2) is 9.59 Å². The van der Waals surface area contributed by atoms with Gasteiger partial charge in [0, 0.05) is 5.92 Å². The molecule has 0 bridgehead atoms. The highest BCUT2D eigenvalue weighted by molar-refractivity contribution is 7.10. The van der Waals surface area contributed by atoms with E-state index in [0.29, 0.717) is 11.3 Å². The Morgan fingerprint density at radius 3 is 2.35 bits per heavy atom. The van der Waals surface area contributed by atoms with Crippen molar-refractivity contribution < 1.29 is 19.4 Å². The molecule has 6 nitrogen and oxygen atoms in total. The van der Waals surface area contributed by atoms with Gasteiger partial charge in [0.25, 0.3) is 0 Å². The van der Waals surface area contributed by atoms with Crippen molar-refractivity contribution in [3.8, 4) is 17.2 Å². The number of nitrogens with one attached hydrogen (secondary N) is 1. The lowest BCUT2D eigenvalue weighted by atomic mass is 9.98. The summed E-state index contributed by atoms with van der Waals surface area (Å²) in [7, 11) is 0. The van der Waals surface area contributed by atoms with Gasteiger partial charge in [-0.2, -0.15) is 5.26 Å². The minimum atomic E-state index is -1.12. The molecule has 0 saturated heterocycles. The first-order chi connectivity index (χ1) is 15.1. The molecule has 2 N–H and O–H groups in total. The number of carbonyl (C=O) groups is 2. The number of fused-ring (bicyclic) bond motifs is 3. The van der Waals surface area contributed by atoms with Crippen molar-refractivity contribution in [3.63, 3.8) is 0 Å². The van der Waals surface area contributed by atoms with E-state index in [2.05, 4.69) is 23.5 Å². The van der Waals surface area contributed by atoms with Crippen molar-refractivity contribution in [2.45, 2.75) is 24.8 Å². The van der Waals surface area contributed by atoms with Crippen LogP contribution in [0.15, 0.2) is 60.0 Å². The SMILES string of the molecule is N#Cc1cc(CCC(NC(=O)OCC2c3ccccc3-c3ccccc32)C(=O)O)cs1. The molecular formula is C24H20N2O4S. The van der Waals surface area contributed by atoms with Crippen molar-refractivity contribution >= 4 is 23.4 Å². The molecule has 1 amide bonds. The first kappa shape index (κ1) is 20.6. The van der Waals surface area contributed by atoms with E-state index in [1.54, 1.807) is 6.07 Å². The fraction of sp³-hybridized carbons (Fsp3) is 0.208. The molecule has 2 aromatic carbocycles. The summed E-state index contributed by atoms with van der Waals surface area (Å²) in [6.45, 7) is 0.127. The van der Waals surface area contributed by atoms with Crippen LogP contribution >= 0.6 is 11.3 Å². The van der Waals surface area contributed by atoms with E-state index < -0.39 is 18.1 Å². The number of ether oxygens (including phenoxy) is 1. The molecule has 4 rings (SSSR count). The number of benzene rings is 2. The number of rotatable bonds is 7. The molecule has 1 aromatic heterocycles. The minimum absolute atomic E-state index is 0.0864. The van der Waals surface area contributed by atoms with Gasteiger partial charge in [0.1, 0.15) is 23.6 Å². The largest absolute Gasteiger partial charge is 0.480 e. The smallest absolute Gasteiger partial charge is 0.407 e. The molecule has 3 aromatic rings. The summed E-state index contributed by atoms with van der Waals surface area (Å²) in [6.07, 6.45) is -0.0998. The Hall–Kier alpha value is -3.63. The van der Waals surface area contributed by atoms with Crippen LogP contribution in [0.25, 0.3) is 11.1 Å². The second-order valence-corrected chi connectivity index (χ2v) is 8.24. The van der Waals surface area contributed by atoms with Crippen molar-refractivity contribution in [1.29, 1.82) is 5.26 Å². The van der Waals surface area contributed by atoms with E-state index in [-0.39, 0.29) is 18.9 Å². The van der Waals surface area contributed by atoms with Gasteiger partial charge in [-0.15, -0.1) is 11.3 Å². The molecule has 0 spiro atoms. The maximum absolute atomic E-state index is 12.4. The van der Waals surface area contributed by atoms with Crippen LogP contribution in [0.4, 0.5) is 4.79 Å². The van der Waals surface area contributed by atoms with Crippen molar-refractivity contribution in [2.24, 2.45) is 0 Å². The van der Waals surface area contributed by atoms with Gasteiger partial charge >= 0.3 is 12.1 Å². The Bertz CT molecular complexity index is 1120. The highest BCUT2D eigenvalue weighted by Crippen LogP contribution is 2.44. The number of nitrogens with zero attached hydrogens (tertiary/aromatic N) is 1. The number of alkyl carbamates (subject to hydrolysis) is 1. The van der Waals surface area contributed by atoms with Crippen LogP contribution in [0.3, 0.4) is 0 Å². The Balaban J connectivity index is 1.38. The zero-order valence-electron chi connectivity index (χ0n) is 16.6. The van der Waals surface area contributed by atoms with E-state index in [4.69, 9.17) is 10.00 Å². The molecule has 31 heavy (non-hydrogen) atoms. The highest BCUT2D eigenvalue weighted by Gasteiger charge is 2.29. The van der Waals surface area contributed by atoms with Gasteiger partial charge in [0.05, 0.1) is 0 Å². The number of amides is 1. The van der Waals surface area contributed by atoms with Crippen LogP contribution in [0.5, 0.6) is 0 Å². The number of thiophene rings is 1. The molecule has 1 unspecified atom stereocenters. The fourth-order valence-corrected chi connectivity index (χ4v) is 4.65. The van der Waals surface area contributed by atoms with Gasteiger partial charge in [-0.1, -0.05) is 48.5 Å². The van der Waals surface area contributed by atoms with Gasteiger partial charge in [-0.3, -0.25) is 0 Å². The Morgan fingerprint density at radius 1 is 1.13 bits per heavy atom. The normalized spacial score (nSPS) is 13.0. The summed E-state index contributed by atoms with van der Waals surface area (Å²) in [5.74, 6) is -1.21. The Kier molecular flexibility index (Phi) is 6.01. The lowest BCUT2D eigenvalue weighted by Crippen LogP contribution is -2.41. The van der Waals surface area contributed by atoms with Crippen molar-refractivity contribution in [1.82, 2.24) is 5.32 Å². The molecule has 0 aliphatic heterocycles. The molecule has 1 aliphatic rings. The van der Waals surface area contributed by atoms with Crippen LogP contribution in [0.1, 0.15) is 33.9 Å². The fourth-order valence-electron chi connectivity index (χ4n) is 3.92. The van der Waals surface area contributed by atoms with E-state index in [1.807, 2.05) is 41.8 Å². The molecule has 1 aliphatic carbocycles. The standard InChI is InChI=1S/C24H20N2O4S/c25-12-16-11-15(14-31-16)9-10-22(23(27)28)26-24(29)30-13-21-19-7-3-1-5-17(19)18-6-2-4-8-20(18)21/h1-8,11,14,21-22H,9-10,13H2,(H,26,29)(H,27,28). The summed E-state index contributed by atoms with van der Waals surface area (Å²) in [6, 6.07) is 18.8. The van der Waals surface area contributed by atoms with E-state index >= 15 is 0 Å². The molecule has 0 fully saturated rings. The summed E-state index contributed by atoms with van der Waals surface area (Å²) in [4.78, 5) is 24.5. The van der Waals surface area contributed by atoms with E-state index in [1.165, 1.54) is 11.3 Å². The number of aryl methyl sites for hydroxylation is 1. The molecule has 0 radical (unpaired) electrons. The quantitative estimate of drug-likeness (QED) is 0.571. The first-order valence-corrected chi connectivity index (χ1v) is 10.8. The predicted molar refractivity (Wildman–Crippen MR) is 117 cm³/mol. The zero-order chi connectivity index (χ0) is 21.8. The monoisotopic (exact) mass is 432 g/mol. The molecule has 0 saturated carbocycles. The average Bonchev–Trinajstić information content (AvgIpc) is 3.37. The van der Waals surface area contributed by atoms with Crippen LogP contribution in [0, 0.1) is 11.3 Å². The number of carboxylic acids is 1. The van der Waals surface area contributed by atoms with Crippen LogP contribution in [-0.4, -0.2) is 29.8 Å². The van der Waals surface area contributed by atoms with Crippen molar-refractivity contribution in [2.75, 3.05) is 6.61 Å². The first-order valence-electron chi connectivity index (χ1n) is 9.88. The molecule has 156 valence electrons. The Labute approximate surface area is 183 Å². The third kappa shape index (κ3) is 4.44. The van der Waals surface area contributed by atoms with Crippen LogP contribution in [0.2, 0.25) is 0 Å². The second kappa shape index (κ2) is 9.02. The lowest BCUT2D eigenvalue weighted by molar-refractivity contribution is -0.139. The maximum atomic E-state index is 12.4. The summed E-state index contributed by atoms with van der Waals surface area (Å²) >= 11 is 1.31. The molecule has 7 heteroatoms. The van der Waals surface area contributed by atoms with Gasteiger partial charge in [0.2, 0.25) is 0 Å². The van der Waals surface area contributed by atoms with E-state index in [9.17, 15) is 14.7 Å². The molecule has 1 atom stereocenters. The maximum Gasteiger partial charge on any atom is 0.407 e. The van der Waals surface area contributed by atoms with Crippen LogP contribution in [-0.2, 0) is 16.0 Å². The predicted octanol–water partition coefficient (Wildman–Crippen LogP) is 4.54. The number of carboxylic acid groups (broad SMARTS) is 1. The minimum Gasteiger partial charge on any atom is -0.480 e. The number of carbonyl (C=O) groups excluding carboxylic acids is 1. The second-order valence-electron chi connectivity index (χ2n) is 7.33. The number of hydrogen-bond donors (Lipinski definition) is 2. The van der Waals surface area contributed by atoms with E-state index in [0.717, 1.165) is 27.8 Å². The topological polar surface area (TPSA) is 99.4 Å². The van der Waals surface area contributed by atoms with Crippen molar-refractivity contribution in [3.05, 3.63) is 81.5 Å². The summed E-state index contributed by atoms with van der Waals surface area (Å²) < 4.78 is 5.44. The van der Waals surface area contributed by atoms with Gasteiger partial charge in [0.15, 0.2) is 0 Å². The molecule has 1 heterocycles. The third-order valence-corrected chi connectivity index (χ3v) is 6.30. The molecular weight excluding hydrogens is 412 g/mol. The van der Waals surface area contributed by atoms with Gasteiger partial charge < -0.3 is 15.2 Å². The lowest BCUT2D eigenvalue weighted by Gasteiger charge is -2.17. The number of hydrogen-bond acceptors (Lipinski definition) is 5.